The van der Waals surface area contributed by atoms with E-state index in [9.17, 15) is 0 Å². The van der Waals surface area contributed by atoms with Crippen LogP contribution in [-0.4, -0.2) is 18.1 Å². The first kappa shape index (κ1) is 12.1. The van der Waals surface area contributed by atoms with Crippen molar-refractivity contribution in [1.82, 2.24) is 10.3 Å². The van der Waals surface area contributed by atoms with Crippen molar-refractivity contribution < 1.29 is 0 Å². The van der Waals surface area contributed by atoms with E-state index in [0.717, 1.165) is 24.1 Å². The topological polar surface area (TPSA) is 50.9 Å². The average molecular weight is 247 g/mol. The molecule has 0 aliphatic carbocycles. The third kappa shape index (κ3) is 3.28. The number of anilines is 1. The fraction of sp³-hybridized carbons (Fsp3) is 0.308. The van der Waals surface area contributed by atoms with Gasteiger partial charge in [-0.15, -0.1) is 11.3 Å². The monoisotopic (exact) mass is 247 g/mol. The summed E-state index contributed by atoms with van der Waals surface area (Å²) in [5.74, 6) is 0. The summed E-state index contributed by atoms with van der Waals surface area (Å²) < 4.78 is 0. The normalized spacial score (nSPS) is 12.5. The van der Waals surface area contributed by atoms with Crippen LogP contribution < -0.4 is 11.1 Å². The minimum absolute atomic E-state index is 0.403. The van der Waals surface area contributed by atoms with Gasteiger partial charge in [-0.25, -0.2) is 0 Å². The molecule has 3 N–H and O–H groups in total. The van der Waals surface area contributed by atoms with E-state index < -0.39 is 0 Å². The van der Waals surface area contributed by atoms with E-state index in [1.807, 2.05) is 19.3 Å². The number of nitrogens with one attached hydrogen (secondary N) is 1. The number of rotatable bonds is 5. The molecule has 3 nitrogen and oxygen atoms in total. The average Bonchev–Trinajstić information content (AvgIpc) is 2.84. The Hall–Kier alpha value is -1.39. The van der Waals surface area contributed by atoms with Crippen LogP contribution >= 0.6 is 11.3 Å². The Bertz CT molecular complexity index is 453. The van der Waals surface area contributed by atoms with E-state index in [-0.39, 0.29) is 0 Å². The van der Waals surface area contributed by atoms with E-state index in [4.69, 9.17) is 5.73 Å². The van der Waals surface area contributed by atoms with Crippen LogP contribution in [0.15, 0.2) is 36.0 Å². The Morgan fingerprint density at radius 3 is 2.94 bits per heavy atom. The second kappa shape index (κ2) is 5.80. The van der Waals surface area contributed by atoms with Crippen LogP contribution in [0.2, 0.25) is 0 Å². The molecule has 0 aliphatic rings. The minimum atomic E-state index is 0.403. The van der Waals surface area contributed by atoms with Gasteiger partial charge in [-0.2, -0.15) is 0 Å². The lowest BCUT2D eigenvalue weighted by molar-refractivity contribution is 0.560. The van der Waals surface area contributed by atoms with Crippen molar-refractivity contribution in [2.24, 2.45) is 0 Å². The Kier molecular flexibility index (Phi) is 4.12. The number of hydrogen-bond acceptors (Lipinski definition) is 4. The van der Waals surface area contributed by atoms with Gasteiger partial charge in [0.1, 0.15) is 0 Å². The first-order valence-electron chi connectivity index (χ1n) is 5.67. The van der Waals surface area contributed by atoms with Gasteiger partial charge in [0.2, 0.25) is 0 Å². The van der Waals surface area contributed by atoms with Gasteiger partial charge < -0.3 is 11.1 Å². The molecule has 0 aliphatic heterocycles. The number of nitrogens with zero attached hydrogens (tertiary/aromatic N) is 1. The van der Waals surface area contributed by atoms with Crippen LogP contribution in [-0.2, 0) is 12.8 Å². The summed E-state index contributed by atoms with van der Waals surface area (Å²) in [6, 6.07) is 6.51. The Morgan fingerprint density at radius 1 is 1.41 bits per heavy atom. The van der Waals surface area contributed by atoms with Crippen LogP contribution in [0, 0.1) is 0 Å². The van der Waals surface area contributed by atoms with Gasteiger partial charge in [0.15, 0.2) is 0 Å². The summed E-state index contributed by atoms with van der Waals surface area (Å²) >= 11 is 1.79. The van der Waals surface area contributed by atoms with Crippen molar-refractivity contribution in [2.75, 3.05) is 12.8 Å². The third-order valence-corrected chi connectivity index (χ3v) is 3.74. The van der Waals surface area contributed by atoms with E-state index in [1.54, 1.807) is 17.5 Å². The smallest absolute Gasteiger partial charge is 0.0378 e. The minimum Gasteiger partial charge on any atom is -0.398 e. The molecule has 2 heterocycles. The number of nitrogen functional groups attached to an aromatic ring is 1. The molecule has 2 rings (SSSR count). The molecule has 0 saturated carbocycles. The number of aromatic nitrogens is 1. The summed E-state index contributed by atoms with van der Waals surface area (Å²) in [6.45, 7) is 0. The largest absolute Gasteiger partial charge is 0.398 e. The predicted molar refractivity (Wildman–Crippen MR) is 73.2 cm³/mol. The molecule has 0 saturated heterocycles. The van der Waals surface area contributed by atoms with Gasteiger partial charge in [-0.05, 0) is 43.0 Å². The van der Waals surface area contributed by atoms with Gasteiger partial charge in [0, 0.05) is 29.0 Å². The lowest BCUT2D eigenvalue weighted by atomic mass is 10.0. The summed E-state index contributed by atoms with van der Waals surface area (Å²) in [7, 11) is 1.99. The second-order valence-electron chi connectivity index (χ2n) is 4.05. The molecule has 0 amide bonds. The molecule has 4 heteroatoms. The molecular formula is C13H17N3S. The number of thiophene rings is 1. The lowest BCUT2D eigenvalue weighted by Gasteiger charge is -2.16. The van der Waals surface area contributed by atoms with Crippen LogP contribution in [0.3, 0.4) is 0 Å². The third-order valence-electron chi connectivity index (χ3n) is 2.84. The van der Waals surface area contributed by atoms with Crippen molar-refractivity contribution in [3.8, 4) is 0 Å². The molecule has 0 aromatic carbocycles. The molecule has 0 fully saturated rings. The van der Waals surface area contributed by atoms with Crippen LogP contribution in [0.5, 0.6) is 0 Å². The predicted octanol–water partition coefficient (Wildman–Crippen LogP) is 2.10. The molecule has 17 heavy (non-hydrogen) atoms. The van der Waals surface area contributed by atoms with E-state index in [1.165, 1.54) is 4.88 Å². The second-order valence-corrected chi connectivity index (χ2v) is 5.08. The zero-order chi connectivity index (χ0) is 12.1. The molecule has 2 aromatic rings. The lowest BCUT2D eigenvalue weighted by Crippen LogP contribution is -2.29. The Morgan fingerprint density at radius 2 is 2.29 bits per heavy atom. The first-order chi connectivity index (χ1) is 8.29. The van der Waals surface area contributed by atoms with Crippen molar-refractivity contribution in [3.05, 3.63) is 46.4 Å². The highest BCUT2D eigenvalue weighted by atomic mass is 32.1. The summed E-state index contributed by atoms with van der Waals surface area (Å²) in [6.07, 6.45) is 5.52. The van der Waals surface area contributed by atoms with Gasteiger partial charge >= 0.3 is 0 Å². The molecule has 0 bridgehead atoms. The molecule has 2 aromatic heterocycles. The number of pyridine rings is 1. The molecule has 90 valence electrons. The molecule has 1 unspecified atom stereocenters. The van der Waals surface area contributed by atoms with Crippen LogP contribution in [0.25, 0.3) is 0 Å². The highest BCUT2D eigenvalue weighted by molar-refractivity contribution is 7.09. The van der Waals surface area contributed by atoms with Gasteiger partial charge in [-0.3, -0.25) is 4.98 Å². The molecule has 0 spiro atoms. The summed E-state index contributed by atoms with van der Waals surface area (Å²) in [5, 5.41) is 5.45. The quantitative estimate of drug-likeness (QED) is 0.850. The van der Waals surface area contributed by atoms with Gasteiger partial charge in [0.05, 0.1) is 0 Å². The number of nitrogens with two attached hydrogens (primary N) is 1. The maximum Gasteiger partial charge on any atom is 0.0378 e. The van der Waals surface area contributed by atoms with Gasteiger partial charge in [0.25, 0.3) is 0 Å². The maximum absolute atomic E-state index is 5.93. The van der Waals surface area contributed by atoms with Crippen LogP contribution in [0.4, 0.5) is 5.69 Å². The Labute approximate surface area is 106 Å². The summed E-state index contributed by atoms with van der Waals surface area (Å²) in [4.78, 5) is 5.52. The first-order valence-corrected chi connectivity index (χ1v) is 6.55. The Balaban J connectivity index is 2.03. The van der Waals surface area contributed by atoms with E-state index in [2.05, 4.69) is 27.8 Å². The maximum atomic E-state index is 5.93. The van der Waals surface area contributed by atoms with Gasteiger partial charge in [-0.1, -0.05) is 6.07 Å². The van der Waals surface area contributed by atoms with Crippen LogP contribution in [0.1, 0.15) is 10.4 Å². The fourth-order valence-corrected chi connectivity index (χ4v) is 2.61. The highest BCUT2D eigenvalue weighted by Gasteiger charge is 2.10. The fourth-order valence-electron chi connectivity index (χ4n) is 1.82. The van der Waals surface area contributed by atoms with E-state index in [0.29, 0.717) is 6.04 Å². The molecule has 1 atom stereocenters. The molecular weight excluding hydrogens is 230 g/mol. The number of likely N-dealkylation sites (N-methyl/N-ethyl adjacent to an activating group) is 1. The van der Waals surface area contributed by atoms with Crippen molar-refractivity contribution in [1.29, 1.82) is 0 Å². The zero-order valence-electron chi connectivity index (χ0n) is 9.89. The van der Waals surface area contributed by atoms with E-state index >= 15 is 0 Å². The van der Waals surface area contributed by atoms with Crippen molar-refractivity contribution >= 4 is 17.0 Å². The summed E-state index contributed by atoms with van der Waals surface area (Å²) in [5.41, 5.74) is 7.87. The van der Waals surface area contributed by atoms with Crippen molar-refractivity contribution in [2.45, 2.75) is 18.9 Å². The number of hydrogen-bond donors (Lipinski definition) is 2. The highest BCUT2D eigenvalue weighted by Crippen LogP contribution is 2.16. The SMILES string of the molecule is CNC(Cc1cccs1)Cc1cnccc1N. The van der Waals surface area contributed by atoms with Crippen molar-refractivity contribution in [3.63, 3.8) is 0 Å². The standard InChI is InChI=1S/C13H17N3S/c1-15-11(8-12-3-2-6-17-12)7-10-9-16-5-4-13(10)14/h2-6,9,11,15H,7-8H2,1H3,(H2,14,16). The zero-order valence-corrected chi connectivity index (χ0v) is 10.7. The molecule has 0 radical (unpaired) electrons.